The van der Waals surface area contributed by atoms with Crippen LogP contribution in [0.2, 0.25) is 0 Å². The zero-order valence-electron chi connectivity index (χ0n) is 15.5. The minimum Gasteiger partial charge on any atom is -0.453 e. The van der Waals surface area contributed by atoms with Crippen LogP contribution in [0, 0.1) is 19.7 Å². The largest absolute Gasteiger partial charge is 0.453 e. The molecule has 0 fully saturated rings. The van der Waals surface area contributed by atoms with E-state index in [1.165, 1.54) is 31.2 Å². The molecular weight excluding hydrogens is 349 g/mol. The normalized spacial score (nSPS) is 11.6. The third-order valence-corrected chi connectivity index (χ3v) is 4.04. The molecule has 0 aromatic heterocycles. The van der Waals surface area contributed by atoms with Crippen LogP contribution in [0.5, 0.6) is 0 Å². The maximum absolute atomic E-state index is 12.9. The molecule has 0 heterocycles. The van der Waals surface area contributed by atoms with E-state index in [1.54, 1.807) is 6.07 Å². The van der Waals surface area contributed by atoms with Gasteiger partial charge < -0.3 is 10.1 Å². The summed E-state index contributed by atoms with van der Waals surface area (Å²) in [5.41, 5.74) is 2.81. The van der Waals surface area contributed by atoms with Gasteiger partial charge in [-0.3, -0.25) is 14.4 Å². The first-order valence-electron chi connectivity index (χ1n) is 8.62. The Morgan fingerprint density at radius 3 is 2.37 bits per heavy atom. The van der Waals surface area contributed by atoms with Gasteiger partial charge in [0.05, 0.1) is 6.42 Å². The van der Waals surface area contributed by atoms with E-state index in [-0.39, 0.29) is 18.6 Å². The summed E-state index contributed by atoms with van der Waals surface area (Å²) in [5, 5.41) is 2.53. The van der Waals surface area contributed by atoms with Crippen LogP contribution in [0.1, 0.15) is 41.3 Å². The lowest BCUT2D eigenvalue weighted by atomic mass is 9.99. The number of anilines is 1. The summed E-state index contributed by atoms with van der Waals surface area (Å²) in [6, 6.07) is 10.8. The number of rotatable bonds is 7. The van der Waals surface area contributed by atoms with Crippen LogP contribution in [0.15, 0.2) is 42.5 Å². The van der Waals surface area contributed by atoms with Crippen molar-refractivity contribution in [3.63, 3.8) is 0 Å². The van der Waals surface area contributed by atoms with Crippen LogP contribution in [0.25, 0.3) is 0 Å². The van der Waals surface area contributed by atoms with E-state index < -0.39 is 23.8 Å². The average molecular weight is 371 g/mol. The molecule has 0 saturated heterocycles. The van der Waals surface area contributed by atoms with E-state index in [0.717, 1.165) is 11.1 Å². The lowest BCUT2D eigenvalue weighted by Gasteiger charge is -2.13. The van der Waals surface area contributed by atoms with Crippen molar-refractivity contribution in [1.29, 1.82) is 0 Å². The second-order valence-electron chi connectivity index (χ2n) is 6.37. The number of carbonyl (C=O) groups is 3. The van der Waals surface area contributed by atoms with Gasteiger partial charge in [-0.05, 0) is 56.7 Å². The van der Waals surface area contributed by atoms with Crippen LogP contribution in [-0.2, 0) is 14.3 Å². The van der Waals surface area contributed by atoms with E-state index in [9.17, 15) is 18.8 Å². The third kappa shape index (κ3) is 6.02. The zero-order chi connectivity index (χ0) is 20.0. The Kier molecular flexibility index (Phi) is 6.82. The van der Waals surface area contributed by atoms with Crippen LogP contribution in [0.3, 0.4) is 0 Å². The van der Waals surface area contributed by atoms with E-state index in [0.29, 0.717) is 11.3 Å². The number of aryl methyl sites for hydroxylation is 2. The lowest BCUT2D eigenvalue weighted by Crippen LogP contribution is -2.30. The second-order valence-corrected chi connectivity index (χ2v) is 6.37. The van der Waals surface area contributed by atoms with E-state index in [1.807, 2.05) is 26.0 Å². The monoisotopic (exact) mass is 371 g/mol. The van der Waals surface area contributed by atoms with Gasteiger partial charge in [0, 0.05) is 17.7 Å². The topological polar surface area (TPSA) is 72.5 Å². The molecule has 1 atom stereocenters. The molecule has 5 nitrogen and oxygen atoms in total. The molecule has 6 heteroatoms. The molecule has 1 amide bonds. The summed E-state index contributed by atoms with van der Waals surface area (Å²) in [6.07, 6.45) is -1.13. The number of halogens is 1. The predicted octanol–water partition coefficient (Wildman–Crippen LogP) is 3.98. The van der Waals surface area contributed by atoms with Crippen molar-refractivity contribution >= 4 is 23.3 Å². The third-order valence-electron chi connectivity index (χ3n) is 4.04. The van der Waals surface area contributed by atoms with Crippen molar-refractivity contribution in [2.24, 2.45) is 0 Å². The summed E-state index contributed by atoms with van der Waals surface area (Å²) in [4.78, 5) is 36.3. The fourth-order valence-electron chi connectivity index (χ4n) is 2.47. The maximum atomic E-state index is 12.9. The number of hydrogen-bond donors (Lipinski definition) is 1. The highest BCUT2D eigenvalue weighted by atomic mass is 19.1. The van der Waals surface area contributed by atoms with E-state index >= 15 is 0 Å². The number of esters is 1. The Hall–Kier alpha value is -3.02. The molecule has 27 heavy (non-hydrogen) atoms. The summed E-state index contributed by atoms with van der Waals surface area (Å²) in [5.74, 6) is -1.72. The molecule has 2 rings (SSSR count). The zero-order valence-corrected chi connectivity index (χ0v) is 15.5. The highest BCUT2D eigenvalue weighted by Crippen LogP contribution is 2.15. The van der Waals surface area contributed by atoms with Gasteiger partial charge in [-0.15, -0.1) is 0 Å². The van der Waals surface area contributed by atoms with Crippen molar-refractivity contribution in [1.82, 2.24) is 0 Å². The Balaban J connectivity index is 1.83. The number of ketones is 1. The number of nitrogens with one attached hydrogen (secondary N) is 1. The van der Waals surface area contributed by atoms with Gasteiger partial charge in [-0.2, -0.15) is 0 Å². The van der Waals surface area contributed by atoms with Gasteiger partial charge in [0.1, 0.15) is 5.82 Å². The number of amides is 1. The average Bonchev–Trinajstić information content (AvgIpc) is 2.63. The van der Waals surface area contributed by atoms with Gasteiger partial charge in [0.25, 0.3) is 5.91 Å². The minimum atomic E-state index is -1.03. The molecule has 0 aliphatic rings. The van der Waals surface area contributed by atoms with Gasteiger partial charge in [0.2, 0.25) is 0 Å². The fourth-order valence-corrected chi connectivity index (χ4v) is 2.47. The van der Waals surface area contributed by atoms with Gasteiger partial charge >= 0.3 is 5.97 Å². The van der Waals surface area contributed by atoms with Crippen LogP contribution < -0.4 is 5.32 Å². The first kappa shape index (κ1) is 20.3. The Bertz CT molecular complexity index is 846. The molecule has 2 aromatic carbocycles. The van der Waals surface area contributed by atoms with Gasteiger partial charge in [-0.1, -0.05) is 17.7 Å². The summed E-state index contributed by atoms with van der Waals surface area (Å²) in [7, 11) is 0. The first-order valence-corrected chi connectivity index (χ1v) is 8.62. The van der Waals surface area contributed by atoms with Crippen LogP contribution in [-0.4, -0.2) is 23.8 Å². The van der Waals surface area contributed by atoms with Gasteiger partial charge in [-0.25, -0.2) is 4.39 Å². The van der Waals surface area contributed by atoms with Gasteiger partial charge in [0.15, 0.2) is 11.9 Å². The van der Waals surface area contributed by atoms with Crippen molar-refractivity contribution in [2.45, 2.75) is 39.7 Å². The standard InChI is InChI=1S/C21H22FNO4/c1-13-4-5-14(2)18(12-13)19(24)10-11-20(25)27-15(3)21(26)23-17-8-6-16(22)7-9-17/h4-9,12,15H,10-11H2,1-3H3,(H,23,26)/t15-/m0/s1. The van der Waals surface area contributed by atoms with Crippen molar-refractivity contribution in [2.75, 3.05) is 5.32 Å². The predicted molar refractivity (Wildman–Crippen MR) is 100 cm³/mol. The lowest BCUT2D eigenvalue weighted by molar-refractivity contribution is -0.153. The number of carbonyl (C=O) groups excluding carboxylic acids is 3. The summed E-state index contributed by atoms with van der Waals surface area (Å²) in [6.45, 7) is 5.17. The fraction of sp³-hybridized carbons (Fsp3) is 0.286. The number of ether oxygens (including phenoxy) is 1. The smallest absolute Gasteiger partial charge is 0.307 e. The first-order chi connectivity index (χ1) is 12.8. The number of benzene rings is 2. The summed E-state index contributed by atoms with van der Waals surface area (Å²) < 4.78 is 17.9. The summed E-state index contributed by atoms with van der Waals surface area (Å²) >= 11 is 0. The molecule has 0 bridgehead atoms. The Morgan fingerprint density at radius 1 is 1.04 bits per heavy atom. The van der Waals surface area contributed by atoms with E-state index in [2.05, 4.69) is 5.32 Å². The maximum Gasteiger partial charge on any atom is 0.307 e. The molecule has 142 valence electrons. The molecule has 0 aliphatic carbocycles. The second kappa shape index (κ2) is 9.07. The van der Waals surface area contributed by atoms with Crippen molar-refractivity contribution < 1.29 is 23.5 Å². The molecule has 1 N–H and O–H groups in total. The highest BCUT2D eigenvalue weighted by molar-refractivity contribution is 5.99. The molecule has 0 unspecified atom stereocenters. The van der Waals surface area contributed by atoms with Crippen LogP contribution >= 0.6 is 0 Å². The SMILES string of the molecule is Cc1ccc(C)c(C(=O)CCC(=O)O[C@@H](C)C(=O)Nc2ccc(F)cc2)c1. The number of hydrogen-bond acceptors (Lipinski definition) is 4. The van der Waals surface area contributed by atoms with E-state index in [4.69, 9.17) is 4.74 Å². The minimum absolute atomic E-state index is 0.00935. The quantitative estimate of drug-likeness (QED) is 0.590. The van der Waals surface area contributed by atoms with Crippen LogP contribution in [0.4, 0.5) is 10.1 Å². The molecule has 0 radical (unpaired) electrons. The molecule has 0 spiro atoms. The van der Waals surface area contributed by atoms with Crippen molar-refractivity contribution in [3.8, 4) is 0 Å². The molecule has 0 aliphatic heterocycles. The number of Topliss-reactive ketones (excluding diaryl/α,β-unsaturated/α-hetero) is 1. The highest BCUT2D eigenvalue weighted by Gasteiger charge is 2.19. The Labute approximate surface area is 157 Å². The molecule has 0 saturated carbocycles. The molecular formula is C21H22FNO4. The van der Waals surface area contributed by atoms with Crippen molar-refractivity contribution in [3.05, 3.63) is 65.0 Å². The molecule has 2 aromatic rings. The Morgan fingerprint density at radius 2 is 1.70 bits per heavy atom.